The minimum absolute atomic E-state index is 0.609. The molecule has 0 aliphatic carbocycles. The van der Waals surface area contributed by atoms with Gasteiger partial charge in [-0.3, -0.25) is 0 Å². The molecule has 1 aliphatic heterocycles. The van der Waals surface area contributed by atoms with Gasteiger partial charge in [-0.05, 0) is 32.4 Å². The normalized spacial score (nSPS) is 16.5. The van der Waals surface area contributed by atoms with E-state index in [1.165, 1.54) is 38.7 Å². The van der Waals surface area contributed by atoms with Crippen molar-refractivity contribution in [2.24, 2.45) is 0 Å². The molecule has 2 heterocycles. The number of rotatable bonds is 6. The van der Waals surface area contributed by atoms with Gasteiger partial charge in [0.15, 0.2) is 0 Å². The third-order valence-corrected chi connectivity index (χ3v) is 3.65. The maximum absolute atomic E-state index is 5.92. The first-order valence-corrected chi connectivity index (χ1v) is 7.37. The Bertz CT molecular complexity index is 387. The number of nitrogens with zero attached hydrogens (tertiary/aromatic N) is 3. The summed E-state index contributed by atoms with van der Waals surface area (Å²) in [6.45, 7) is 6.61. The van der Waals surface area contributed by atoms with Crippen molar-refractivity contribution in [3.05, 3.63) is 11.9 Å². The Balaban J connectivity index is 1.86. The Labute approximate surface area is 115 Å². The molecule has 5 nitrogen and oxygen atoms in total. The fraction of sp³-hybridized carbons (Fsp3) is 0.714. The third-order valence-electron chi connectivity index (χ3n) is 3.65. The molecule has 1 aromatic heterocycles. The van der Waals surface area contributed by atoms with Gasteiger partial charge < -0.3 is 16.0 Å². The first-order chi connectivity index (χ1) is 9.31. The molecule has 3 N–H and O–H groups in total. The van der Waals surface area contributed by atoms with Gasteiger partial charge in [-0.2, -0.15) is 0 Å². The molecule has 0 aromatic carbocycles. The zero-order chi connectivity index (χ0) is 13.5. The van der Waals surface area contributed by atoms with Crippen molar-refractivity contribution in [3.63, 3.8) is 0 Å². The van der Waals surface area contributed by atoms with Crippen molar-refractivity contribution in [2.45, 2.75) is 39.0 Å². The molecule has 1 saturated heterocycles. The summed E-state index contributed by atoms with van der Waals surface area (Å²) in [6, 6.07) is 0. The summed E-state index contributed by atoms with van der Waals surface area (Å²) in [4.78, 5) is 10.9. The molecule has 0 radical (unpaired) electrons. The van der Waals surface area contributed by atoms with Crippen LogP contribution in [0.2, 0.25) is 0 Å². The summed E-state index contributed by atoms with van der Waals surface area (Å²) in [6.07, 6.45) is 7.57. The number of nitrogens with two attached hydrogens (primary N) is 1. The van der Waals surface area contributed by atoms with E-state index in [4.69, 9.17) is 5.73 Å². The number of nitrogen functional groups attached to an aromatic ring is 1. The Kier molecular flexibility index (Phi) is 5.39. The summed E-state index contributed by atoms with van der Waals surface area (Å²) in [5.41, 5.74) is 6.98. The minimum atomic E-state index is 0.609. The van der Waals surface area contributed by atoms with Gasteiger partial charge in [-0.15, -0.1) is 0 Å². The number of nitrogens with one attached hydrogen (secondary N) is 1. The maximum atomic E-state index is 5.92. The maximum Gasteiger partial charge on any atom is 0.134 e. The number of aromatic nitrogens is 2. The van der Waals surface area contributed by atoms with Gasteiger partial charge in [0, 0.05) is 18.7 Å². The van der Waals surface area contributed by atoms with E-state index >= 15 is 0 Å². The number of anilines is 2. The van der Waals surface area contributed by atoms with E-state index in [0.29, 0.717) is 5.82 Å². The first-order valence-electron chi connectivity index (χ1n) is 7.37. The van der Waals surface area contributed by atoms with Crippen LogP contribution in [-0.4, -0.2) is 41.0 Å². The van der Waals surface area contributed by atoms with Crippen LogP contribution in [0, 0.1) is 0 Å². The Morgan fingerprint density at radius 3 is 2.79 bits per heavy atom. The van der Waals surface area contributed by atoms with Crippen LogP contribution in [-0.2, 0) is 6.42 Å². The second-order valence-corrected chi connectivity index (χ2v) is 5.17. The Morgan fingerprint density at radius 2 is 2.05 bits per heavy atom. The van der Waals surface area contributed by atoms with Crippen LogP contribution in [0.1, 0.15) is 38.2 Å². The first kappa shape index (κ1) is 14.1. The average Bonchev–Trinajstić information content (AvgIpc) is 2.44. The largest absolute Gasteiger partial charge is 0.383 e. The molecule has 0 unspecified atom stereocenters. The van der Waals surface area contributed by atoms with Crippen LogP contribution in [0.5, 0.6) is 0 Å². The van der Waals surface area contributed by atoms with Crippen LogP contribution in [0.15, 0.2) is 6.33 Å². The van der Waals surface area contributed by atoms with Gasteiger partial charge in [-0.25, -0.2) is 9.97 Å². The SMILES string of the molecule is CCCc1c(N)ncnc1NCCN1CCCCC1. The second kappa shape index (κ2) is 7.28. The summed E-state index contributed by atoms with van der Waals surface area (Å²) in [7, 11) is 0. The molecule has 5 heteroatoms. The minimum Gasteiger partial charge on any atom is -0.383 e. The molecule has 2 rings (SSSR count). The highest BCUT2D eigenvalue weighted by Gasteiger charge is 2.11. The quantitative estimate of drug-likeness (QED) is 0.820. The van der Waals surface area contributed by atoms with Crippen molar-refractivity contribution in [2.75, 3.05) is 37.2 Å². The van der Waals surface area contributed by atoms with E-state index in [9.17, 15) is 0 Å². The molecular formula is C14H25N5. The molecule has 0 saturated carbocycles. The predicted octanol–water partition coefficient (Wildman–Crippen LogP) is 1.91. The van der Waals surface area contributed by atoms with Gasteiger partial charge in [0.05, 0.1) is 0 Å². The third kappa shape index (κ3) is 4.06. The molecule has 1 aromatic rings. The van der Waals surface area contributed by atoms with E-state index in [1.807, 2.05) is 0 Å². The fourth-order valence-corrected chi connectivity index (χ4v) is 2.59. The highest BCUT2D eigenvalue weighted by atomic mass is 15.1. The lowest BCUT2D eigenvalue weighted by Gasteiger charge is -2.26. The van der Waals surface area contributed by atoms with E-state index in [0.717, 1.165) is 37.3 Å². The molecule has 1 aliphatic rings. The van der Waals surface area contributed by atoms with Crippen molar-refractivity contribution >= 4 is 11.6 Å². The number of hydrogen-bond donors (Lipinski definition) is 2. The predicted molar refractivity (Wildman–Crippen MR) is 79.2 cm³/mol. The van der Waals surface area contributed by atoms with E-state index in [-0.39, 0.29) is 0 Å². The van der Waals surface area contributed by atoms with Crippen molar-refractivity contribution in [1.29, 1.82) is 0 Å². The van der Waals surface area contributed by atoms with Crippen LogP contribution in [0.3, 0.4) is 0 Å². The topological polar surface area (TPSA) is 67.1 Å². The Morgan fingerprint density at radius 1 is 1.26 bits per heavy atom. The van der Waals surface area contributed by atoms with Gasteiger partial charge in [0.1, 0.15) is 18.0 Å². The highest BCUT2D eigenvalue weighted by molar-refractivity contribution is 5.54. The lowest BCUT2D eigenvalue weighted by Crippen LogP contribution is -2.33. The zero-order valence-corrected chi connectivity index (χ0v) is 11.9. The molecule has 0 bridgehead atoms. The lowest BCUT2D eigenvalue weighted by atomic mass is 10.1. The molecule has 19 heavy (non-hydrogen) atoms. The van der Waals surface area contributed by atoms with Crippen molar-refractivity contribution < 1.29 is 0 Å². The number of hydrogen-bond acceptors (Lipinski definition) is 5. The van der Waals surface area contributed by atoms with Gasteiger partial charge >= 0.3 is 0 Å². The van der Waals surface area contributed by atoms with Crippen molar-refractivity contribution in [1.82, 2.24) is 14.9 Å². The summed E-state index contributed by atoms with van der Waals surface area (Å²) >= 11 is 0. The molecule has 0 spiro atoms. The summed E-state index contributed by atoms with van der Waals surface area (Å²) in [5.74, 6) is 1.52. The van der Waals surface area contributed by atoms with E-state index in [2.05, 4.69) is 27.1 Å². The standard InChI is InChI=1S/C14H25N5/c1-2-6-12-13(15)17-11-18-14(12)16-7-10-19-8-4-3-5-9-19/h11H,2-10H2,1H3,(H3,15,16,17,18). The van der Waals surface area contributed by atoms with Crippen molar-refractivity contribution in [3.8, 4) is 0 Å². The Hall–Kier alpha value is -1.36. The fourth-order valence-electron chi connectivity index (χ4n) is 2.59. The van der Waals surface area contributed by atoms with Gasteiger partial charge in [0.2, 0.25) is 0 Å². The van der Waals surface area contributed by atoms with Gasteiger partial charge in [0.25, 0.3) is 0 Å². The average molecular weight is 263 g/mol. The van der Waals surface area contributed by atoms with Crippen LogP contribution < -0.4 is 11.1 Å². The molecule has 0 amide bonds. The van der Waals surface area contributed by atoms with E-state index < -0.39 is 0 Å². The van der Waals surface area contributed by atoms with E-state index in [1.54, 1.807) is 0 Å². The van der Waals surface area contributed by atoms with Crippen LogP contribution in [0.25, 0.3) is 0 Å². The lowest BCUT2D eigenvalue weighted by molar-refractivity contribution is 0.237. The highest BCUT2D eigenvalue weighted by Crippen LogP contribution is 2.18. The monoisotopic (exact) mass is 263 g/mol. The summed E-state index contributed by atoms with van der Waals surface area (Å²) in [5, 5.41) is 3.41. The molecule has 106 valence electrons. The number of likely N-dealkylation sites (tertiary alicyclic amines) is 1. The zero-order valence-electron chi connectivity index (χ0n) is 11.9. The smallest absolute Gasteiger partial charge is 0.134 e. The summed E-state index contributed by atoms with van der Waals surface area (Å²) < 4.78 is 0. The van der Waals surface area contributed by atoms with Gasteiger partial charge in [-0.1, -0.05) is 19.8 Å². The van der Waals surface area contributed by atoms with Crippen LogP contribution >= 0.6 is 0 Å². The second-order valence-electron chi connectivity index (χ2n) is 5.17. The molecular weight excluding hydrogens is 238 g/mol. The molecule has 0 atom stereocenters. The number of piperidine rings is 1. The van der Waals surface area contributed by atoms with Crippen LogP contribution in [0.4, 0.5) is 11.6 Å². The molecule has 1 fully saturated rings.